The zero-order valence-corrected chi connectivity index (χ0v) is 15.7. The van der Waals surface area contributed by atoms with E-state index in [9.17, 15) is 19.5 Å². The summed E-state index contributed by atoms with van der Waals surface area (Å²) in [6, 6.07) is 5.93. The molecule has 142 valence electrons. The number of carbonyl (C=O) groups excluding carboxylic acids is 2. The van der Waals surface area contributed by atoms with E-state index in [2.05, 4.69) is 0 Å². The van der Waals surface area contributed by atoms with Gasteiger partial charge in [0.05, 0.1) is 17.4 Å². The van der Waals surface area contributed by atoms with Crippen molar-refractivity contribution in [3.05, 3.63) is 52.3 Å². The maximum atomic E-state index is 12.6. The number of esters is 1. The second-order valence-corrected chi connectivity index (χ2v) is 7.37. The summed E-state index contributed by atoms with van der Waals surface area (Å²) in [7, 11) is 0. The SMILES string of the molecule is Cc1ccc(C=C2C(=O)CC=C2OC(=O)C2CCCCC2C(=O)O)c(C)c1. The minimum atomic E-state index is -0.959. The van der Waals surface area contributed by atoms with Crippen LogP contribution in [0, 0.1) is 25.7 Å². The lowest BCUT2D eigenvalue weighted by Gasteiger charge is -2.26. The summed E-state index contributed by atoms with van der Waals surface area (Å²) in [4.78, 5) is 36.4. The van der Waals surface area contributed by atoms with Crippen LogP contribution in [0.2, 0.25) is 0 Å². The number of aryl methyl sites for hydroxylation is 2. The van der Waals surface area contributed by atoms with E-state index in [-0.39, 0.29) is 18.0 Å². The van der Waals surface area contributed by atoms with E-state index in [1.807, 2.05) is 32.0 Å². The number of carbonyl (C=O) groups is 3. The van der Waals surface area contributed by atoms with Crippen molar-refractivity contribution in [2.75, 3.05) is 0 Å². The first-order valence-electron chi connectivity index (χ1n) is 9.34. The van der Waals surface area contributed by atoms with Crippen LogP contribution in [0.4, 0.5) is 0 Å². The van der Waals surface area contributed by atoms with E-state index >= 15 is 0 Å². The molecule has 2 aliphatic carbocycles. The van der Waals surface area contributed by atoms with Gasteiger partial charge in [-0.1, -0.05) is 36.6 Å². The molecule has 1 aromatic rings. The van der Waals surface area contributed by atoms with Crippen LogP contribution in [-0.2, 0) is 19.1 Å². The normalized spacial score (nSPS) is 24.0. The molecule has 2 aliphatic rings. The van der Waals surface area contributed by atoms with Gasteiger partial charge in [0.25, 0.3) is 0 Å². The van der Waals surface area contributed by atoms with E-state index in [4.69, 9.17) is 4.74 Å². The summed E-state index contributed by atoms with van der Waals surface area (Å²) in [5.74, 6) is -2.73. The zero-order valence-electron chi connectivity index (χ0n) is 15.7. The van der Waals surface area contributed by atoms with Crippen LogP contribution in [-0.4, -0.2) is 22.8 Å². The third-order valence-corrected chi connectivity index (χ3v) is 5.36. The predicted molar refractivity (Wildman–Crippen MR) is 101 cm³/mol. The first-order chi connectivity index (χ1) is 12.9. The maximum Gasteiger partial charge on any atom is 0.315 e. The Morgan fingerprint density at radius 3 is 2.52 bits per heavy atom. The molecule has 3 rings (SSSR count). The molecule has 0 spiro atoms. The Labute approximate surface area is 158 Å². The summed E-state index contributed by atoms with van der Waals surface area (Å²) in [6.45, 7) is 3.97. The minimum Gasteiger partial charge on any atom is -0.481 e. The zero-order chi connectivity index (χ0) is 19.6. The van der Waals surface area contributed by atoms with Gasteiger partial charge in [-0.3, -0.25) is 14.4 Å². The van der Waals surface area contributed by atoms with Crippen molar-refractivity contribution >= 4 is 23.8 Å². The van der Waals surface area contributed by atoms with Gasteiger partial charge in [0.15, 0.2) is 5.78 Å². The van der Waals surface area contributed by atoms with Gasteiger partial charge in [0.2, 0.25) is 0 Å². The lowest BCUT2D eigenvalue weighted by Crippen LogP contribution is -2.33. The molecule has 0 saturated heterocycles. The molecule has 0 heterocycles. The van der Waals surface area contributed by atoms with Gasteiger partial charge < -0.3 is 9.84 Å². The first kappa shape index (κ1) is 19.1. The van der Waals surface area contributed by atoms with Crippen LogP contribution in [0.25, 0.3) is 6.08 Å². The van der Waals surface area contributed by atoms with Crippen LogP contribution < -0.4 is 0 Å². The Hall–Kier alpha value is -2.69. The minimum absolute atomic E-state index is 0.101. The molecule has 0 aromatic heterocycles. The number of rotatable bonds is 4. The molecule has 1 aromatic carbocycles. The van der Waals surface area contributed by atoms with Crippen LogP contribution in [0.15, 0.2) is 35.6 Å². The summed E-state index contributed by atoms with van der Waals surface area (Å²) in [5.41, 5.74) is 3.43. The molecule has 0 bridgehead atoms. The number of benzene rings is 1. The van der Waals surface area contributed by atoms with E-state index in [1.165, 1.54) is 0 Å². The number of carboxylic acids is 1. The average molecular weight is 368 g/mol. The molecule has 0 amide bonds. The molecule has 1 fully saturated rings. The lowest BCUT2D eigenvalue weighted by molar-refractivity contribution is -0.156. The summed E-state index contributed by atoms with van der Waals surface area (Å²) in [5, 5.41) is 9.37. The topological polar surface area (TPSA) is 80.7 Å². The second-order valence-electron chi connectivity index (χ2n) is 7.37. The largest absolute Gasteiger partial charge is 0.481 e. The molecule has 2 unspecified atom stereocenters. The smallest absolute Gasteiger partial charge is 0.315 e. The van der Waals surface area contributed by atoms with E-state index in [1.54, 1.807) is 12.2 Å². The highest BCUT2D eigenvalue weighted by molar-refractivity contribution is 6.07. The van der Waals surface area contributed by atoms with Crippen LogP contribution >= 0.6 is 0 Å². The Morgan fingerprint density at radius 1 is 1.15 bits per heavy atom. The fraction of sp³-hybridized carbons (Fsp3) is 0.409. The molecule has 1 N–H and O–H groups in total. The molecular formula is C22H24O5. The van der Waals surface area contributed by atoms with Crippen molar-refractivity contribution in [3.63, 3.8) is 0 Å². The van der Waals surface area contributed by atoms with Gasteiger partial charge in [-0.25, -0.2) is 0 Å². The Kier molecular flexibility index (Phi) is 5.59. The van der Waals surface area contributed by atoms with Crippen molar-refractivity contribution in [1.29, 1.82) is 0 Å². The molecule has 5 heteroatoms. The third kappa shape index (κ3) is 4.18. The lowest BCUT2D eigenvalue weighted by atomic mass is 9.79. The summed E-state index contributed by atoms with van der Waals surface area (Å²) < 4.78 is 5.52. The highest BCUT2D eigenvalue weighted by atomic mass is 16.5. The number of ether oxygens (including phenoxy) is 1. The van der Waals surface area contributed by atoms with Gasteiger partial charge >= 0.3 is 11.9 Å². The van der Waals surface area contributed by atoms with Crippen molar-refractivity contribution in [2.24, 2.45) is 11.8 Å². The number of hydrogen-bond donors (Lipinski definition) is 1. The van der Waals surface area contributed by atoms with E-state index in [0.717, 1.165) is 29.5 Å². The van der Waals surface area contributed by atoms with E-state index in [0.29, 0.717) is 18.4 Å². The quantitative estimate of drug-likeness (QED) is 0.642. The Balaban J connectivity index is 1.81. The van der Waals surface area contributed by atoms with Crippen molar-refractivity contribution < 1.29 is 24.2 Å². The predicted octanol–water partition coefficient (Wildman–Crippen LogP) is 3.98. The average Bonchev–Trinajstić information content (AvgIpc) is 2.97. The van der Waals surface area contributed by atoms with Crippen molar-refractivity contribution in [2.45, 2.75) is 46.0 Å². The third-order valence-electron chi connectivity index (χ3n) is 5.36. The van der Waals surface area contributed by atoms with Gasteiger partial charge in [0.1, 0.15) is 5.76 Å². The van der Waals surface area contributed by atoms with Crippen LogP contribution in [0.5, 0.6) is 0 Å². The molecule has 5 nitrogen and oxygen atoms in total. The summed E-state index contributed by atoms with van der Waals surface area (Å²) in [6.07, 6.45) is 6.15. The van der Waals surface area contributed by atoms with Crippen LogP contribution in [0.3, 0.4) is 0 Å². The molecule has 0 radical (unpaired) electrons. The molecular weight excluding hydrogens is 344 g/mol. The second kappa shape index (κ2) is 7.91. The Morgan fingerprint density at radius 2 is 1.85 bits per heavy atom. The van der Waals surface area contributed by atoms with Gasteiger partial charge in [-0.15, -0.1) is 0 Å². The first-order valence-corrected chi connectivity index (χ1v) is 9.34. The number of Topliss-reactive ketones (excluding diaryl/α,β-unsaturated/α-hetero) is 1. The van der Waals surface area contributed by atoms with E-state index < -0.39 is 23.8 Å². The molecule has 27 heavy (non-hydrogen) atoms. The highest BCUT2D eigenvalue weighted by Crippen LogP contribution is 2.34. The maximum absolute atomic E-state index is 12.6. The molecule has 1 saturated carbocycles. The standard InChI is InChI=1S/C22H24O5/c1-13-7-8-15(14(2)11-13)12-18-19(23)9-10-20(18)27-22(26)17-6-4-3-5-16(17)21(24)25/h7-8,10-12,16-17H,3-6,9H2,1-2H3,(H,24,25). The van der Waals surface area contributed by atoms with Crippen LogP contribution in [0.1, 0.15) is 48.8 Å². The fourth-order valence-electron chi connectivity index (χ4n) is 3.83. The monoisotopic (exact) mass is 368 g/mol. The number of allylic oxidation sites excluding steroid dienone is 2. The Bertz CT molecular complexity index is 846. The highest BCUT2D eigenvalue weighted by Gasteiger charge is 2.38. The fourth-order valence-corrected chi connectivity index (χ4v) is 3.83. The number of aliphatic carboxylic acids is 1. The molecule has 2 atom stereocenters. The van der Waals surface area contributed by atoms with Crippen molar-refractivity contribution in [3.8, 4) is 0 Å². The number of ketones is 1. The van der Waals surface area contributed by atoms with Crippen molar-refractivity contribution in [1.82, 2.24) is 0 Å². The summed E-state index contributed by atoms with van der Waals surface area (Å²) >= 11 is 0. The van der Waals surface area contributed by atoms with Gasteiger partial charge in [0, 0.05) is 6.42 Å². The number of hydrogen-bond acceptors (Lipinski definition) is 4. The number of carboxylic acid groups (broad SMARTS) is 1. The van der Waals surface area contributed by atoms with Gasteiger partial charge in [-0.2, -0.15) is 0 Å². The molecule has 0 aliphatic heterocycles. The van der Waals surface area contributed by atoms with Gasteiger partial charge in [-0.05, 0) is 50.0 Å².